The van der Waals surface area contributed by atoms with E-state index in [1.807, 2.05) is 0 Å². The summed E-state index contributed by atoms with van der Waals surface area (Å²) in [6, 6.07) is 0.691. The third-order valence-electron chi connectivity index (χ3n) is 4.21. The fourth-order valence-electron chi connectivity index (χ4n) is 3.02. The van der Waals surface area contributed by atoms with E-state index in [0.29, 0.717) is 6.04 Å². The van der Waals surface area contributed by atoms with E-state index < -0.39 is 0 Å². The Morgan fingerprint density at radius 1 is 1.35 bits per heavy atom. The van der Waals surface area contributed by atoms with Gasteiger partial charge in [-0.3, -0.25) is 0 Å². The van der Waals surface area contributed by atoms with Crippen LogP contribution in [-0.4, -0.2) is 37.1 Å². The Hall–Kier alpha value is -0.340. The van der Waals surface area contributed by atoms with Crippen LogP contribution in [0.1, 0.15) is 39.5 Å². The Morgan fingerprint density at radius 2 is 2.24 bits per heavy atom. The predicted octanol–water partition coefficient (Wildman–Crippen LogP) is 2.66. The summed E-state index contributed by atoms with van der Waals surface area (Å²) in [5.74, 6) is 1.66. The molecule has 2 aliphatic rings. The van der Waals surface area contributed by atoms with Crippen molar-refractivity contribution < 1.29 is 0 Å². The molecule has 1 fully saturated rings. The van der Waals surface area contributed by atoms with Gasteiger partial charge in [0.25, 0.3) is 0 Å². The fourth-order valence-corrected chi connectivity index (χ4v) is 3.02. The Labute approximate surface area is 106 Å². The van der Waals surface area contributed by atoms with Crippen LogP contribution in [0.5, 0.6) is 0 Å². The number of hydrogen-bond acceptors (Lipinski definition) is 2. The molecule has 2 heteroatoms. The average molecular weight is 236 g/mol. The lowest BCUT2D eigenvalue weighted by atomic mass is 9.93. The first-order chi connectivity index (χ1) is 8.25. The van der Waals surface area contributed by atoms with Crippen LogP contribution in [0.15, 0.2) is 12.2 Å². The lowest BCUT2D eigenvalue weighted by Crippen LogP contribution is -2.42. The van der Waals surface area contributed by atoms with Gasteiger partial charge in [0.05, 0.1) is 0 Å². The molecule has 0 amide bonds. The lowest BCUT2D eigenvalue weighted by molar-refractivity contribution is 0.205. The fraction of sp³-hybridized carbons (Fsp3) is 0.867. The van der Waals surface area contributed by atoms with Crippen molar-refractivity contribution in [3.05, 3.63) is 12.2 Å². The van der Waals surface area contributed by atoms with Crippen molar-refractivity contribution in [3.8, 4) is 0 Å². The summed E-state index contributed by atoms with van der Waals surface area (Å²) < 4.78 is 0. The van der Waals surface area contributed by atoms with Crippen molar-refractivity contribution in [2.75, 3.05) is 26.2 Å². The van der Waals surface area contributed by atoms with Crippen LogP contribution in [0.4, 0.5) is 0 Å². The molecule has 2 unspecified atom stereocenters. The van der Waals surface area contributed by atoms with Gasteiger partial charge >= 0.3 is 0 Å². The highest BCUT2D eigenvalue weighted by atomic mass is 15.2. The van der Waals surface area contributed by atoms with E-state index in [1.165, 1.54) is 51.9 Å². The highest BCUT2D eigenvalue weighted by Crippen LogP contribution is 2.20. The third kappa shape index (κ3) is 4.11. The van der Waals surface area contributed by atoms with E-state index in [1.54, 1.807) is 0 Å². The van der Waals surface area contributed by atoms with Gasteiger partial charge in [0.15, 0.2) is 0 Å². The first kappa shape index (κ1) is 13.1. The summed E-state index contributed by atoms with van der Waals surface area (Å²) in [6.07, 6.45) is 10.0. The number of nitrogens with zero attached hydrogens (tertiary/aromatic N) is 1. The first-order valence-electron chi connectivity index (χ1n) is 7.36. The van der Waals surface area contributed by atoms with Gasteiger partial charge in [-0.05, 0) is 50.6 Å². The Bertz CT molecular complexity index is 247. The Balaban J connectivity index is 1.83. The molecule has 1 heterocycles. The predicted molar refractivity (Wildman–Crippen MR) is 74.2 cm³/mol. The zero-order valence-electron chi connectivity index (χ0n) is 11.5. The van der Waals surface area contributed by atoms with E-state index >= 15 is 0 Å². The molecule has 2 nitrogen and oxygen atoms in total. The van der Waals surface area contributed by atoms with E-state index in [9.17, 15) is 0 Å². The number of nitrogens with one attached hydrogen (secondary N) is 1. The van der Waals surface area contributed by atoms with Crippen molar-refractivity contribution >= 4 is 0 Å². The van der Waals surface area contributed by atoms with Crippen molar-refractivity contribution in [1.29, 1.82) is 0 Å². The summed E-state index contributed by atoms with van der Waals surface area (Å²) in [4.78, 5) is 2.70. The summed E-state index contributed by atoms with van der Waals surface area (Å²) in [5, 5.41) is 3.69. The molecule has 2 rings (SSSR count). The second kappa shape index (κ2) is 6.55. The van der Waals surface area contributed by atoms with E-state index in [0.717, 1.165) is 11.8 Å². The zero-order valence-corrected chi connectivity index (χ0v) is 11.5. The van der Waals surface area contributed by atoms with Crippen molar-refractivity contribution in [2.45, 2.75) is 45.6 Å². The van der Waals surface area contributed by atoms with Gasteiger partial charge in [-0.2, -0.15) is 0 Å². The minimum atomic E-state index is 0.691. The van der Waals surface area contributed by atoms with Crippen LogP contribution in [0.3, 0.4) is 0 Å². The summed E-state index contributed by atoms with van der Waals surface area (Å²) in [5.41, 5.74) is 0. The van der Waals surface area contributed by atoms with Gasteiger partial charge in [0.2, 0.25) is 0 Å². The standard InChI is InChI=1S/C15H28N2/c1-13(2)15-12-17(10-6-9-16-15)11-14-7-4-3-5-8-14/h3-4,13-16H,5-12H2,1-2H3. The van der Waals surface area contributed by atoms with E-state index in [4.69, 9.17) is 0 Å². The van der Waals surface area contributed by atoms with Crippen LogP contribution in [0.25, 0.3) is 0 Å². The molecule has 1 N–H and O–H groups in total. The SMILES string of the molecule is CC(C)C1CN(CC2CC=CCC2)CCCN1. The van der Waals surface area contributed by atoms with Crippen molar-refractivity contribution in [2.24, 2.45) is 11.8 Å². The van der Waals surface area contributed by atoms with E-state index in [2.05, 4.69) is 36.2 Å². The molecule has 1 saturated heterocycles. The molecular formula is C15H28N2. The highest BCUT2D eigenvalue weighted by molar-refractivity contribution is 4.91. The molecule has 0 saturated carbocycles. The molecule has 2 atom stereocenters. The molecule has 1 aliphatic carbocycles. The number of hydrogen-bond donors (Lipinski definition) is 1. The molecule has 0 radical (unpaired) electrons. The maximum atomic E-state index is 3.69. The van der Waals surface area contributed by atoms with Gasteiger partial charge in [-0.25, -0.2) is 0 Å². The van der Waals surface area contributed by atoms with Gasteiger partial charge in [-0.1, -0.05) is 26.0 Å². The second-order valence-electron chi connectivity index (χ2n) is 6.07. The van der Waals surface area contributed by atoms with Gasteiger partial charge in [0, 0.05) is 19.1 Å². The molecule has 0 aromatic carbocycles. The van der Waals surface area contributed by atoms with Crippen molar-refractivity contribution in [1.82, 2.24) is 10.2 Å². The molecule has 1 aliphatic heterocycles. The zero-order chi connectivity index (χ0) is 12.1. The maximum absolute atomic E-state index is 3.69. The minimum Gasteiger partial charge on any atom is -0.312 e. The molecule has 0 bridgehead atoms. The van der Waals surface area contributed by atoms with Gasteiger partial charge in [0.1, 0.15) is 0 Å². The van der Waals surface area contributed by atoms with Crippen LogP contribution in [0, 0.1) is 11.8 Å². The largest absolute Gasteiger partial charge is 0.312 e. The van der Waals surface area contributed by atoms with Crippen LogP contribution in [-0.2, 0) is 0 Å². The van der Waals surface area contributed by atoms with Crippen LogP contribution >= 0.6 is 0 Å². The molecule has 0 aromatic rings. The van der Waals surface area contributed by atoms with E-state index in [-0.39, 0.29) is 0 Å². The third-order valence-corrected chi connectivity index (χ3v) is 4.21. The molecular weight excluding hydrogens is 208 g/mol. The minimum absolute atomic E-state index is 0.691. The maximum Gasteiger partial charge on any atom is 0.0217 e. The lowest BCUT2D eigenvalue weighted by Gasteiger charge is -2.30. The van der Waals surface area contributed by atoms with Crippen LogP contribution in [0.2, 0.25) is 0 Å². The first-order valence-corrected chi connectivity index (χ1v) is 7.36. The average Bonchev–Trinajstić information content (AvgIpc) is 2.56. The quantitative estimate of drug-likeness (QED) is 0.758. The summed E-state index contributed by atoms with van der Waals surface area (Å²) >= 11 is 0. The van der Waals surface area contributed by atoms with Crippen molar-refractivity contribution in [3.63, 3.8) is 0 Å². The Morgan fingerprint density at radius 3 is 2.94 bits per heavy atom. The monoisotopic (exact) mass is 236 g/mol. The summed E-state index contributed by atoms with van der Waals surface area (Å²) in [6.45, 7) is 9.72. The number of rotatable bonds is 3. The smallest absolute Gasteiger partial charge is 0.0217 e. The second-order valence-corrected chi connectivity index (χ2v) is 6.07. The van der Waals surface area contributed by atoms with Gasteiger partial charge in [-0.15, -0.1) is 0 Å². The van der Waals surface area contributed by atoms with Crippen LogP contribution < -0.4 is 5.32 Å². The molecule has 98 valence electrons. The molecule has 0 spiro atoms. The number of allylic oxidation sites excluding steroid dienone is 2. The molecule has 17 heavy (non-hydrogen) atoms. The highest BCUT2D eigenvalue weighted by Gasteiger charge is 2.22. The molecule has 0 aromatic heterocycles. The van der Waals surface area contributed by atoms with Gasteiger partial charge < -0.3 is 10.2 Å². The topological polar surface area (TPSA) is 15.3 Å². The Kier molecular flexibility index (Phi) is 5.05. The summed E-state index contributed by atoms with van der Waals surface area (Å²) in [7, 11) is 0. The normalized spacial score (nSPS) is 31.7.